The van der Waals surface area contributed by atoms with Gasteiger partial charge in [0.15, 0.2) is 0 Å². The van der Waals surface area contributed by atoms with Gasteiger partial charge in [0.25, 0.3) is 0 Å². The molecule has 122 valence electrons. The monoisotopic (exact) mass is 314 g/mol. The van der Waals surface area contributed by atoms with Gasteiger partial charge in [-0.25, -0.2) is 9.78 Å². The molecule has 7 nitrogen and oxygen atoms in total. The Kier molecular flexibility index (Phi) is 4.45. The van der Waals surface area contributed by atoms with E-state index >= 15 is 0 Å². The second kappa shape index (κ2) is 6.68. The first-order valence-electron chi connectivity index (χ1n) is 7.82. The quantitative estimate of drug-likeness (QED) is 0.938. The Hall–Kier alpha value is -2.57. The molecule has 2 aromatic rings. The number of hydrogen-bond acceptors (Lipinski definition) is 4. The largest absolute Gasteiger partial charge is 0.357 e. The summed E-state index contributed by atoms with van der Waals surface area (Å²) in [5, 5.41) is 6.97. The van der Waals surface area contributed by atoms with E-state index in [9.17, 15) is 4.79 Å². The fraction of sp³-hybridized carbons (Fsp3) is 0.438. The molecule has 0 spiro atoms. The van der Waals surface area contributed by atoms with Crippen molar-refractivity contribution in [3.05, 3.63) is 36.3 Å². The Labute approximate surface area is 135 Å². The van der Waals surface area contributed by atoms with Crippen LogP contribution in [0, 0.1) is 0 Å². The molecule has 0 atom stereocenters. The SMILES string of the molecule is CN(Cc1cnn(C)c1)C(=O)Nc1ccc(N2CCCC2)nc1. The van der Waals surface area contributed by atoms with Crippen LogP contribution in [-0.2, 0) is 13.6 Å². The van der Waals surface area contributed by atoms with Crippen LogP contribution in [-0.4, -0.2) is 45.8 Å². The average Bonchev–Trinajstić information content (AvgIpc) is 3.20. The van der Waals surface area contributed by atoms with E-state index in [2.05, 4.69) is 20.3 Å². The van der Waals surface area contributed by atoms with Crippen molar-refractivity contribution in [3.8, 4) is 0 Å². The zero-order chi connectivity index (χ0) is 16.2. The van der Waals surface area contributed by atoms with Crippen molar-refractivity contribution in [2.75, 3.05) is 30.4 Å². The number of aromatic nitrogens is 3. The lowest BCUT2D eigenvalue weighted by Gasteiger charge is -2.18. The average molecular weight is 314 g/mol. The van der Waals surface area contributed by atoms with E-state index in [4.69, 9.17) is 0 Å². The van der Waals surface area contributed by atoms with Crippen LogP contribution >= 0.6 is 0 Å². The minimum Gasteiger partial charge on any atom is -0.357 e. The van der Waals surface area contributed by atoms with Crippen LogP contribution in [0.1, 0.15) is 18.4 Å². The summed E-state index contributed by atoms with van der Waals surface area (Å²) in [6, 6.07) is 3.70. The van der Waals surface area contributed by atoms with Gasteiger partial charge in [0.1, 0.15) is 5.82 Å². The van der Waals surface area contributed by atoms with E-state index in [0.29, 0.717) is 12.2 Å². The van der Waals surface area contributed by atoms with Crippen molar-refractivity contribution < 1.29 is 4.79 Å². The van der Waals surface area contributed by atoms with Crippen molar-refractivity contribution in [2.24, 2.45) is 7.05 Å². The topological polar surface area (TPSA) is 66.3 Å². The van der Waals surface area contributed by atoms with Crippen molar-refractivity contribution in [2.45, 2.75) is 19.4 Å². The molecule has 2 amide bonds. The molecule has 1 aliphatic heterocycles. The predicted molar refractivity (Wildman–Crippen MR) is 89.4 cm³/mol. The van der Waals surface area contributed by atoms with Gasteiger partial charge in [-0.2, -0.15) is 5.10 Å². The molecule has 0 radical (unpaired) electrons. The highest BCUT2D eigenvalue weighted by atomic mass is 16.2. The Balaban J connectivity index is 1.56. The second-order valence-electron chi connectivity index (χ2n) is 5.91. The third kappa shape index (κ3) is 3.80. The number of nitrogens with one attached hydrogen (secondary N) is 1. The van der Waals surface area contributed by atoms with Crippen molar-refractivity contribution >= 4 is 17.5 Å². The molecule has 3 rings (SSSR count). The van der Waals surface area contributed by atoms with Gasteiger partial charge in [-0.15, -0.1) is 0 Å². The predicted octanol–water partition coefficient (Wildman–Crippen LogP) is 2.08. The number of rotatable bonds is 4. The van der Waals surface area contributed by atoms with Crippen LogP contribution in [0.4, 0.5) is 16.3 Å². The number of nitrogens with zero attached hydrogens (tertiary/aromatic N) is 5. The van der Waals surface area contributed by atoms with Crippen LogP contribution in [0.5, 0.6) is 0 Å². The number of carbonyl (C=O) groups excluding carboxylic acids is 1. The third-order valence-electron chi connectivity index (χ3n) is 3.95. The fourth-order valence-corrected chi connectivity index (χ4v) is 2.71. The van der Waals surface area contributed by atoms with Gasteiger partial charge < -0.3 is 15.1 Å². The minimum absolute atomic E-state index is 0.162. The molecule has 1 saturated heterocycles. The summed E-state index contributed by atoms with van der Waals surface area (Å²) in [6.07, 6.45) is 7.81. The maximum atomic E-state index is 12.2. The molecule has 7 heteroatoms. The van der Waals surface area contributed by atoms with Gasteiger partial charge in [0.05, 0.1) is 24.6 Å². The number of anilines is 2. The van der Waals surface area contributed by atoms with E-state index in [1.54, 1.807) is 29.0 Å². The highest BCUT2D eigenvalue weighted by Crippen LogP contribution is 2.19. The summed E-state index contributed by atoms with van der Waals surface area (Å²) in [6.45, 7) is 2.64. The number of carbonyl (C=O) groups is 1. The highest BCUT2D eigenvalue weighted by Gasteiger charge is 2.14. The minimum atomic E-state index is -0.162. The molecule has 0 aliphatic carbocycles. The van der Waals surface area contributed by atoms with E-state index in [0.717, 1.165) is 24.5 Å². The van der Waals surface area contributed by atoms with E-state index in [-0.39, 0.29) is 6.03 Å². The summed E-state index contributed by atoms with van der Waals surface area (Å²) >= 11 is 0. The summed E-state index contributed by atoms with van der Waals surface area (Å²) in [5.74, 6) is 0.976. The molecule has 0 saturated carbocycles. The summed E-state index contributed by atoms with van der Waals surface area (Å²) in [5.41, 5.74) is 1.70. The molecule has 23 heavy (non-hydrogen) atoms. The number of urea groups is 1. The molecule has 2 aromatic heterocycles. The summed E-state index contributed by atoms with van der Waals surface area (Å²) in [7, 11) is 3.62. The van der Waals surface area contributed by atoms with Crippen molar-refractivity contribution in [1.82, 2.24) is 19.7 Å². The fourth-order valence-electron chi connectivity index (χ4n) is 2.71. The van der Waals surface area contributed by atoms with Gasteiger partial charge in [-0.1, -0.05) is 0 Å². The Morgan fingerprint density at radius 3 is 2.70 bits per heavy atom. The van der Waals surface area contributed by atoms with Crippen molar-refractivity contribution in [1.29, 1.82) is 0 Å². The van der Waals surface area contributed by atoms with Crippen LogP contribution in [0.25, 0.3) is 0 Å². The number of pyridine rings is 1. The maximum absolute atomic E-state index is 12.2. The van der Waals surface area contributed by atoms with Gasteiger partial charge in [-0.05, 0) is 25.0 Å². The summed E-state index contributed by atoms with van der Waals surface area (Å²) in [4.78, 5) is 20.5. The Bertz CT molecular complexity index is 659. The van der Waals surface area contributed by atoms with Gasteiger partial charge >= 0.3 is 6.03 Å². The Morgan fingerprint density at radius 1 is 1.30 bits per heavy atom. The first-order chi connectivity index (χ1) is 11.1. The van der Waals surface area contributed by atoms with Crippen LogP contribution in [0.3, 0.4) is 0 Å². The Morgan fingerprint density at radius 2 is 2.09 bits per heavy atom. The summed E-state index contributed by atoms with van der Waals surface area (Å²) < 4.78 is 1.72. The van der Waals surface area contributed by atoms with Gasteiger partial charge in [0, 0.05) is 38.9 Å². The molecule has 1 aliphatic rings. The second-order valence-corrected chi connectivity index (χ2v) is 5.91. The van der Waals surface area contributed by atoms with E-state index in [1.165, 1.54) is 12.8 Å². The molecule has 0 bridgehead atoms. The zero-order valence-electron chi connectivity index (χ0n) is 13.6. The van der Waals surface area contributed by atoms with E-state index in [1.807, 2.05) is 25.4 Å². The first-order valence-corrected chi connectivity index (χ1v) is 7.82. The highest BCUT2D eigenvalue weighted by molar-refractivity contribution is 5.89. The lowest BCUT2D eigenvalue weighted by Crippen LogP contribution is -2.30. The first kappa shape index (κ1) is 15.3. The van der Waals surface area contributed by atoms with Crippen LogP contribution < -0.4 is 10.2 Å². The van der Waals surface area contributed by atoms with Gasteiger partial charge in [-0.3, -0.25) is 4.68 Å². The normalized spacial score (nSPS) is 14.1. The number of amides is 2. The van der Waals surface area contributed by atoms with Crippen molar-refractivity contribution in [3.63, 3.8) is 0 Å². The third-order valence-corrected chi connectivity index (χ3v) is 3.95. The smallest absolute Gasteiger partial charge is 0.321 e. The molecule has 0 aromatic carbocycles. The molecule has 1 fully saturated rings. The zero-order valence-corrected chi connectivity index (χ0v) is 13.6. The molecular weight excluding hydrogens is 292 g/mol. The molecule has 1 N–H and O–H groups in total. The van der Waals surface area contributed by atoms with E-state index < -0.39 is 0 Å². The maximum Gasteiger partial charge on any atom is 0.321 e. The number of aryl methyl sites for hydroxylation is 1. The molecule has 3 heterocycles. The molecular formula is C16H22N6O. The van der Waals surface area contributed by atoms with Crippen LogP contribution in [0.15, 0.2) is 30.7 Å². The van der Waals surface area contributed by atoms with Crippen LogP contribution in [0.2, 0.25) is 0 Å². The van der Waals surface area contributed by atoms with Gasteiger partial charge in [0.2, 0.25) is 0 Å². The standard InChI is InChI=1S/C16H22N6O/c1-20(11-13-9-18-21(2)12-13)16(23)19-14-5-6-15(17-10-14)22-7-3-4-8-22/h5-6,9-10,12H,3-4,7-8,11H2,1-2H3,(H,19,23). The number of hydrogen-bond donors (Lipinski definition) is 1. The molecule has 0 unspecified atom stereocenters. The lowest BCUT2D eigenvalue weighted by molar-refractivity contribution is 0.220. The lowest BCUT2D eigenvalue weighted by atomic mass is 10.3.